The van der Waals surface area contributed by atoms with Crippen LogP contribution >= 0.6 is 0 Å². The second kappa shape index (κ2) is 8.64. The van der Waals surface area contributed by atoms with Gasteiger partial charge in [-0.3, -0.25) is 0 Å². The molecule has 0 amide bonds. The highest BCUT2D eigenvalue weighted by Crippen LogP contribution is 2.37. The zero-order valence-corrected chi connectivity index (χ0v) is 17.1. The van der Waals surface area contributed by atoms with Crippen molar-refractivity contribution in [3.05, 3.63) is 12.2 Å². The van der Waals surface area contributed by atoms with Gasteiger partial charge in [-0.25, -0.2) is 0 Å². The summed E-state index contributed by atoms with van der Waals surface area (Å²) < 4.78 is 6.47. The van der Waals surface area contributed by atoms with Gasteiger partial charge in [0, 0.05) is 58.4 Å². The summed E-state index contributed by atoms with van der Waals surface area (Å²) in [6.07, 6.45) is 8.39. The Hall–Kier alpha value is -1.14. The summed E-state index contributed by atoms with van der Waals surface area (Å²) in [7, 11) is 6.24. The van der Waals surface area contributed by atoms with Crippen LogP contribution in [0.2, 0.25) is 19.6 Å². The van der Waals surface area contributed by atoms with E-state index >= 15 is 0 Å². The Morgan fingerprint density at radius 3 is 2.30 bits per heavy atom. The van der Waals surface area contributed by atoms with Gasteiger partial charge in [0.2, 0.25) is 0 Å². The molecule has 0 aliphatic heterocycles. The van der Waals surface area contributed by atoms with Crippen molar-refractivity contribution in [1.29, 1.82) is 0 Å². The third kappa shape index (κ3) is 6.87. The quantitative estimate of drug-likeness (QED) is 0.406. The molecule has 23 heavy (non-hydrogen) atoms. The Kier molecular flexibility index (Phi) is 7.47. The summed E-state index contributed by atoms with van der Waals surface area (Å²) in [6, 6.07) is 0. The van der Waals surface area contributed by atoms with Crippen LogP contribution in [-0.4, -0.2) is 64.6 Å². The van der Waals surface area contributed by atoms with Crippen molar-refractivity contribution in [3.8, 4) is 0 Å². The Balaban J connectivity index is 3.00. The molecule has 1 fully saturated rings. The van der Waals surface area contributed by atoms with Crippen LogP contribution in [0.4, 0.5) is 0 Å². The molecule has 0 aromatic rings. The van der Waals surface area contributed by atoms with E-state index in [-0.39, 0.29) is 6.10 Å². The molecule has 6 heteroatoms. The lowest BCUT2D eigenvalue weighted by Crippen LogP contribution is -2.34. The van der Waals surface area contributed by atoms with Gasteiger partial charge in [-0.15, -0.1) is 0 Å². The van der Waals surface area contributed by atoms with E-state index in [1.165, 1.54) is 5.71 Å². The van der Waals surface area contributed by atoms with Gasteiger partial charge in [0.25, 0.3) is 0 Å². The molecule has 0 aromatic heterocycles. The first-order valence-electron chi connectivity index (χ1n) is 8.44. The molecule has 1 saturated carbocycles. The molecule has 3 unspecified atom stereocenters. The molecular weight excluding hydrogens is 304 g/mol. The second-order valence-corrected chi connectivity index (χ2v) is 12.0. The summed E-state index contributed by atoms with van der Waals surface area (Å²) in [6.45, 7) is 9.00. The van der Waals surface area contributed by atoms with E-state index in [1.807, 2.05) is 45.5 Å². The summed E-state index contributed by atoms with van der Waals surface area (Å²) in [4.78, 5) is 0. The maximum absolute atomic E-state index is 6.47. The normalized spacial score (nSPS) is 27.5. The number of allylic oxidation sites excluding steroid dienone is 1. The number of rotatable bonds is 7. The van der Waals surface area contributed by atoms with Crippen molar-refractivity contribution in [1.82, 2.24) is 10.0 Å². The van der Waals surface area contributed by atoms with Crippen molar-refractivity contribution in [3.63, 3.8) is 0 Å². The fourth-order valence-corrected chi connectivity index (χ4v) is 4.19. The van der Waals surface area contributed by atoms with Gasteiger partial charge in [-0.05, 0) is 32.1 Å². The van der Waals surface area contributed by atoms with Crippen LogP contribution in [0.5, 0.6) is 0 Å². The van der Waals surface area contributed by atoms with E-state index in [4.69, 9.17) is 9.53 Å². The SMILES string of the molecule is CCC1/C(=N/N(C)C)CC(O[Si](C)(C)C)C1/C=C/C=N/N(C)C. The second-order valence-electron chi connectivity index (χ2n) is 7.50. The molecule has 0 aromatic carbocycles. The highest BCUT2D eigenvalue weighted by atomic mass is 28.4. The largest absolute Gasteiger partial charge is 0.414 e. The van der Waals surface area contributed by atoms with E-state index < -0.39 is 8.32 Å². The number of hydrazone groups is 2. The molecule has 0 spiro atoms. The molecule has 1 aliphatic rings. The molecule has 1 rings (SSSR count). The van der Waals surface area contributed by atoms with Crippen LogP contribution in [0, 0.1) is 11.8 Å². The lowest BCUT2D eigenvalue weighted by molar-refractivity contribution is 0.159. The summed E-state index contributed by atoms with van der Waals surface area (Å²) in [5, 5.41) is 12.7. The average molecular weight is 339 g/mol. The summed E-state index contributed by atoms with van der Waals surface area (Å²) in [5.74, 6) is 0.821. The van der Waals surface area contributed by atoms with E-state index in [0.29, 0.717) is 11.8 Å². The first-order chi connectivity index (χ1) is 10.6. The van der Waals surface area contributed by atoms with Gasteiger partial charge in [0.1, 0.15) is 0 Å². The predicted molar refractivity (Wildman–Crippen MR) is 103 cm³/mol. The minimum absolute atomic E-state index is 0.231. The molecule has 0 N–H and O–H groups in total. The predicted octanol–water partition coefficient (Wildman–Crippen LogP) is 3.27. The Morgan fingerprint density at radius 2 is 1.83 bits per heavy atom. The van der Waals surface area contributed by atoms with Gasteiger partial charge >= 0.3 is 0 Å². The lowest BCUT2D eigenvalue weighted by atomic mass is 9.91. The average Bonchev–Trinajstić information content (AvgIpc) is 2.68. The molecule has 0 radical (unpaired) electrons. The zero-order valence-electron chi connectivity index (χ0n) is 16.1. The zero-order chi connectivity index (χ0) is 17.6. The molecule has 132 valence electrons. The molecule has 0 bridgehead atoms. The maximum Gasteiger partial charge on any atom is 0.184 e. The smallest absolute Gasteiger partial charge is 0.184 e. The van der Waals surface area contributed by atoms with Crippen molar-refractivity contribution >= 4 is 20.2 Å². The number of hydrogen-bond donors (Lipinski definition) is 0. The third-order valence-corrected chi connectivity index (χ3v) is 4.73. The Labute approximate surface area is 143 Å². The number of hydrogen-bond acceptors (Lipinski definition) is 5. The molecule has 5 nitrogen and oxygen atoms in total. The monoisotopic (exact) mass is 338 g/mol. The van der Waals surface area contributed by atoms with E-state index in [1.54, 1.807) is 5.01 Å². The summed E-state index contributed by atoms with van der Waals surface area (Å²) in [5.41, 5.74) is 1.26. The molecule has 0 saturated heterocycles. The standard InChI is InChI=1S/C17H34N4OSi/c1-9-14-15(11-10-12-18-20(2)3)17(22-23(6,7)8)13-16(14)19-21(4)5/h10-12,14-15,17H,9,13H2,1-8H3/b11-10+,18-12+,19-16+. The number of nitrogens with zero attached hydrogens (tertiary/aromatic N) is 4. The van der Waals surface area contributed by atoms with Gasteiger partial charge in [-0.1, -0.05) is 13.0 Å². The van der Waals surface area contributed by atoms with Crippen LogP contribution in [0.15, 0.2) is 22.4 Å². The van der Waals surface area contributed by atoms with Gasteiger partial charge in [0.05, 0.1) is 6.10 Å². The van der Waals surface area contributed by atoms with E-state index in [0.717, 1.165) is 12.8 Å². The summed E-state index contributed by atoms with van der Waals surface area (Å²) >= 11 is 0. The molecule has 0 heterocycles. The van der Waals surface area contributed by atoms with Gasteiger partial charge in [0.15, 0.2) is 8.32 Å². The highest BCUT2D eigenvalue weighted by molar-refractivity contribution is 6.69. The lowest BCUT2D eigenvalue weighted by Gasteiger charge is -2.27. The molecular formula is C17H34N4OSi. The van der Waals surface area contributed by atoms with Crippen molar-refractivity contribution in [2.24, 2.45) is 22.0 Å². The fraction of sp³-hybridized carbons (Fsp3) is 0.765. The highest BCUT2D eigenvalue weighted by Gasteiger charge is 2.41. The van der Waals surface area contributed by atoms with E-state index in [9.17, 15) is 0 Å². The maximum atomic E-state index is 6.47. The molecule has 1 aliphatic carbocycles. The van der Waals surface area contributed by atoms with Gasteiger partial charge < -0.3 is 14.4 Å². The van der Waals surface area contributed by atoms with Crippen LogP contribution in [0.1, 0.15) is 19.8 Å². The minimum atomic E-state index is -1.59. The van der Waals surface area contributed by atoms with Crippen LogP contribution in [0.25, 0.3) is 0 Å². The van der Waals surface area contributed by atoms with Gasteiger partial charge in [-0.2, -0.15) is 10.2 Å². The van der Waals surface area contributed by atoms with Crippen molar-refractivity contribution in [2.45, 2.75) is 45.5 Å². The van der Waals surface area contributed by atoms with Crippen molar-refractivity contribution in [2.75, 3.05) is 28.2 Å². The van der Waals surface area contributed by atoms with Crippen LogP contribution < -0.4 is 0 Å². The topological polar surface area (TPSA) is 40.4 Å². The fourth-order valence-electron chi connectivity index (χ4n) is 3.04. The van der Waals surface area contributed by atoms with Crippen LogP contribution in [-0.2, 0) is 4.43 Å². The third-order valence-electron chi connectivity index (χ3n) is 3.72. The first-order valence-corrected chi connectivity index (χ1v) is 11.9. The molecule has 3 atom stereocenters. The van der Waals surface area contributed by atoms with E-state index in [2.05, 4.69) is 37.7 Å². The van der Waals surface area contributed by atoms with Crippen molar-refractivity contribution < 1.29 is 4.43 Å². The Morgan fingerprint density at radius 1 is 1.17 bits per heavy atom. The van der Waals surface area contributed by atoms with Crippen LogP contribution in [0.3, 0.4) is 0 Å². The first kappa shape index (κ1) is 19.9. The minimum Gasteiger partial charge on any atom is -0.414 e. The Bertz CT molecular complexity index is 452.